The van der Waals surface area contributed by atoms with Crippen LogP contribution in [0.5, 0.6) is 0 Å². The van der Waals surface area contributed by atoms with Crippen LogP contribution in [0, 0.1) is 6.92 Å². The average Bonchev–Trinajstić information content (AvgIpc) is 2.63. The number of piperidine rings is 1. The maximum atomic E-state index is 12.7. The zero-order valence-electron chi connectivity index (χ0n) is 16.6. The number of piperazine rings is 1. The molecule has 148 valence electrons. The van der Waals surface area contributed by atoms with Gasteiger partial charge in [-0.2, -0.15) is 0 Å². The molecular weight excluding hydrogens is 338 g/mol. The van der Waals surface area contributed by atoms with E-state index in [0.717, 1.165) is 50.9 Å². The van der Waals surface area contributed by atoms with E-state index in [2.05, 4.69) is 28.9 Å². The summed E-state index contributed by atoms with van der Waals surface area (Å²) in [4.78, 5) is 19.5. The molecule has 1 amide bonds. The van der Waals surface area contributed by atoms with Crippen molar-refractivity contribution >= 4 is 5.91 Å². The van der Waals surface area contributed by atoms with Crippen LogP contribution in [0.25, 0.3) is 0 Å². The van der Waals surface area contributed by atoms with Crippen LogP contribution in [0.15, 0.2) is 24.3 Å². The van der Waals surface area contributed by atoms with E-state index in [1.54, 1.807) is 0 Å². The van der Waals surface area contributed by atoms with E-state index < -0.39 is 5.60 Å². The number of hydrogen-bond donors (Lipinski definition) is 1. The number of aliphatic hydroxyl groups is 1. The normalized spacial score (nSPS) is 24.6. The molecule has 1 aromatic carbocycles. The Morgan fingerprint density at radius 2 is 1.81 bits per heavy atom. The number of carbonyl (C=O) groups excluding carboxylic acids is 1. The summed E-state index contributed by atoms with van der Waals surface area (Å²) >= 11 is 0. The lowest BCUT2D eigenvalue weighted by atomic mass is 9.84. The fraction of sp³-hybridized carbons (Fsp3) is 0.682. The number of rotatable bonds is 4. The number of amides is 1. The predicted octanol–water partition coefficient (Wildman–Crippen LogP) is 1.98. The molecule has 1 aromatic rings. The Morgan fingerprint density at radius 1 is 1.11 bits per heavy atom. The maximum absolute atomic E-state index is 12.7. The SMILES string of the molecule is Cc1cccc(C2(O)CCN(CC(=O)N3CCN(C4CCC4)CC3)CC2)c1. The monoisotopic (exact) mass is 371 g/mol. The summed E-state index contributed by atoms with van der Waals surface area (Å²) in [6.07, 6.45) is 5.43. The number of carbonyl (C=O) groups is 1. The molecule has 2 saturated heterocycles. The molecule has 5 nitrogen and oxygen atoms in total. The van der Waals surface area contributed by atoms with Crippen molar-refractivity contribution < 1.29 is 9.90 Å². The molecule has 2 heterocycles. The lowest BCUT2D eigenvalue weighted by Crippen LogP contribution is -2.55. The second-order valence-corrected chi connectivity index (χ2v) is 8.68. The minimum Gasteiger partial charge on any atom is -0.385 e. The highest BCUT2D eigenvalue weighted by Crippen LogP contribution is 2.33. The zero-order valence-corrected chi connectivity index (χ0v) is 16.6. The van der Waals surface area contributed by atoms with Gasteiger partial charge in [0.05, 0.1) is 12.1 Å². The number of likely N-dealkylation sites (tertiary alicyclic amines) is 1. The van der Waals surface area contributed by atoms with Crippen LogP contribution in [0.4, 0.5) is 0 Å². The van der Waals surface area contributed by atoms with E-state index in [9.17, 15) is 9.90 Å². The first-order valence-corrected chi connectivity index (χ1v) is 10.6. The highest BCUT2D eigenvalue weighted by molar-refractivity contribution is 5.78. The lowest BCUT2D eigenvalue weighted by Gasteiger charge is -2.43. The van der Waals surface area contributed by atoms with Gasteiger partial charge in [0.25, 0.3) is 0 Å². The minimum atomic E-state index is -0.750. The zero-order chi connectivity index (χ0) is 18.9. The Hall–Kier alpha value is -1.43. The van der Waals surface area contributed by atoms with E-state index in [0.29, 0.717) is 19.4 Å². The van der Waals surface area contributed by atoms with Gasteiger partial charge in [-0.25, -0.2) is 0 Å². The fourth-order valence-corrected chi connectivity index (χ4v) is 4.68. The lowest BCUT2D eigenvalue weighted by molar-refractivity contribution is -0.136. The second kappa shape index (κ2) is 7.90. The van der Waals surface area contributed by atoms with Crippen LogP contribution in [-0.2, 0) is 10.4 Å². The molecule has 4 rings (SSSR count). The first kappa shape index (κ1) is 18.9. The van der Waals surface area contributed by atoms with Gasteiger partial charge >= 0.3 is 0 Å². The molecular formula is C22H33N3O2. The molecule has 0 radical (unpaired) electrons. The summed E-state index contributed by atoms with van der Waals surface area (Å²) in [6, 6.07) is 8.97. The summed E-state index contributed by atoms with van der Waals surface area (Å²) in [5.74, 6) is 0.254. The van der Waals surface area contributed by atoms with Crippen LogP contribution < -0.4 is 0 Å². The number of aryl methyl sites for hydroxylation is 1. The number of benzene rings is 1. The smallest absolute Gasteiger partial charge is 0.236 e. The summed E-state index contributed by atoms with van der Waals surface area (Å²) in [7, 11) is 0. The predicted molar refractivity (Wildman–Crippen MR) is 107 cm³/mol. The highest BCUT2D eigenvalue weighted by Gasteiger charge is 2.35. The van der Waals surface area contributed by atoms with Gasteiger partial charge in [-0.05, 0) is 38.2 Å². The average molecular weight is 372 g/mol. The molecule has 27 heavy (non-hydrogen) atoms. The van der Waals surface area contributed by atoms with E-state index in [1.807, 2.05) is 17.0 Å². The van der Waals surface area contributed by atoms with Crippen molar-refractivity contribution in [2.45, 2.75) is 50.7 Å². The molecule has 0 bridgehead atoms. The molecule has 5 heteroatoms. The Bertz CT molecular complexity index is 657. The van der Waals surface area contributed by atoms with E-state index >= 15 is 0 Å². The van der Waals surface area contributed by atoms with Gasteiger partial charge in [-0.1, -0.05) is 36.2 Å². The summed E-state index contributed by atoms with van der Waals surface area (Å²) in [6.45, 7) is 7.91. The third-order valence-corrected chi connectivity index (χ3v) is 6.86. The third kappa shape index (κ3) is 4.20. The first-order valence-electron chi connectivity index (χ1n) is 10.6. The Morgan fingerprint density at radius 3 is 2.41 bits per heavy atom. The van der Waals surface area contributed by atoms with Gasteiger partial charge in [-0.15, -0.1) is 0 Å². The van der Waals surface area contributed by atoms with Gasteiger partial charge in [0, 0.05) is 45.3 Å². The van der Waals surface area contributed by atoms with Gasteiger partial charge in [0.1, 0.15) is 0 Å². The largest absolute Gasteiger partial charge is 0.385 e. The van der Waals surface area contributed by atoms with Crippen molar-refractivity contribution in [2.75, 3.05) is 45.8 Å². The summed E-state index contributed by atoms with van der Waals surface area (Å²) in [5.41, 5.74) is 1.44. The van der Waals surface area contributed by atoms with Crippen molar-refractivity contribution in [3.05, 3.63) is 35.4 Å². The van der Waals surface area contributed by atoms with Crippen LogP contribution >= 0.6 is 0 Å². The highest BCUT2D eigenvalue weighted by atomic mass is 16.3. The van der Waals surface area contributed by atoms with Crippen LogP contribution in [0.3, 0.4) is 0 Å². The molecule has 0 atom stereocenters. The van der Waals surface area contributed by atoms with Gasteiger partial charge in [0.2, 0.25) is 5.91 Å². The van der Waals surface area contributed by atoms with E-state index in [-0.39, 0.29) is 5.91 Å². The first-order chi connectivity index (χ1) is 13.0. The minimum absolute atomic E-state index is 0.254. The number of nitrogens with zero attached hydrogens (tertiary/aromatic N) is 3. The van der Waals surface area contributed by atoms with Crippen molar-refractivity contribution in [1.29, 1.82) is 0 Å². The molecule has 1 saturated carbocycles. The Balaban J connectivity index is 1.25. The maximum Gasteiger partial charge on any atom is 0.236 e. The van der Waals surface area contributed by atoms with E-state index in [1.165, 1.54) is 24.8 Å². The van der Waals surface area contributed by atoms with Crippen LogP contribution in [-0.4, -0.2) is 77.6 Å². The van der Waals surface area contributed by atoms with Crippen molar-refractivity contribution in [2.24, 2.45) is 0 Å². The van der Waals surface area contributed by atoms with Crippen molar-refractivity contribution in [1.82, 2.24) is 14.7 Å². The van der Waals surface area contributed by atoms with E-state index in [4.69, 9.17) is 0 Å². The molecule has 3 fully saturated rings. The second-order valence-electron chi connectivity index (χ2n) is 8.68. The Kier molecular flexibility index (Phi) is 5.53. The quantitative estimate of drug-likeness (QED) is 0.879. The fourth-order valence-electron chi connectivity index (χ4n) is 4.68. The molecule has 0 aromatic heterocycles. The van der Waals surface area contributed by atoms with Gasteiger partial charge in [0.15, 0.2) is 0 Å². The summed E-state index contributed by atoms with van der Waals surface area (Å²) in [5, 5.41) is 11.1. The van der Waals surface area contributed by atoms with Crippen molar-refractivity contribution in [3.63, 3.8) is 0 Å². The Labute approximate surface area is 162 Å². The standard InChI is InChI=1S/C22H33N3O2/c1-18-4-2-5-19(16-18)22(27)8-10-23(11-9-22)17-21(26)25-14-12-24(13-15-25)20-6-3-7-20/h2,4-5,16,20,27H,3,6-15,17H2,1H3. The van der Waals surface area contributed by atoms with Crippen LogP contribution in [0.2, 0.25) is 0 Å². The molecule has 1 N–H and O–H groups in total. The third-order valence-electron chi connectivity index (χ3n) is 6.86. The van der Waals surface area contributed by atoms with Gasteiger partial charge in [-0.3, -0.25) is 14.6 Å². The van der Waals surface area contributed by atoms with Crippen molar-refractivity contribution in [3.8, 4) is 0 Å². The molecule has 0 spiro atoms. The molecule has 0 unspecified atom stereocenters. The van der Waals surface area contributed by atoms with Gasteiger partial charge < -0.3 is 10.0 Å². The van der Waals surface area contributed by atoms with Crippen LogP contribution in [0.1, 0.15) is 43.2 Å². The molecule has 3 aliphatic rings. The number of hydrogen-bond acceptors (Lipinski definition) is 4. The summed E-state index contributed by atoms with van der Waals surface area (Å²) < 4.78 is 0. The molecule has 2 aliphatic heterocycles. The topological polar surface area (TPSA) is 47.0 Å². The molecule has 1 aliphatic carbocycles.